The van der Waals surface area contributed by atoms with Crippen LogP contribution in [0.2, 0.25) is 0 Å². The van der Waals surface area contributed by atoms with Crippen molar-refractivity contribution < 1.29 is 5.11 Å². The van der Waals surface area contributed by atoms with E-state index >= 15 is 0 Å². The second kappa shape index (κ2) is 6.63. The van der Waals surface area contributed by atoms with E-state index in [1.165, 1.54) is 29.6 Å². The summed E-state index contributed by atoms with van der Waals surface area (Å²) < 4.78 is 0. The van der Waals surface area contributed by atoms with Gasteiger partial charge in [0, 0.05) is 0 Å². The van der Waals surface area contributed by atoms with Gasteiger partial charge in [0.05, 0.1) is 0 Å². The van der Waals surface area contributed by atoms with Crippen molar-refractivity contribution in [1.82, 2.24) is 15.0 Å². The van der Waals surface area contributed by atoms with Gasteiger partial charge in [-0.15, -0.1) is 15.0 Å². The van der Waals surface area contributed by atoms with E-state index < -0.39 is 0 Å². The first kappa shape index (κ1) is 16.5. The Morgan fingerprint density at radius 1 is 1.00 bits per heavy atom. The second-order valence-corrected chi connectivity index (χ2v) is 6.99. The Kier molecular flexibility index (Phi) is 4.56. The Balaban J connectivity index is 2.03. The predicted molar refractivity (Wildman–Crippen MR) is 97.7 cm³/mol. The van der Waals surface area contributed by atoms with Crippen molar-refractivity contribution in [2.75, 3.05) is 0 Å². The molecule has 126 valence electrons. The van der Waals surface area contributed by atoms with E-state index in [1.807, 2.05) is 24.3 Å². The average molecular weight is 323 g/mol. The fourth-order valence-corrected chi connectivity index (χ4v) is 3.17. The summed E-state index contributed by atoms with van der Waals surface area (Å²) in [6.07, 6.45) is 4.82. The third-order valence-electron chi connectivity index (χ3n) is 4.64. The number of aromatic nitrogens is 3. The Hall–Kier alpha value is -2.36. The standard InChI is InChI=1S/C20H25N3O/c1-4-5-8-14-20(2,3)15-10-9-11-16-19(15)22-23(21-16)17-12-6-7-13-18(17)24/h6-7,9-13,24H,4-5,8,14H2,1-3H3. The summed E-state index contributed by atoms with van der Waals surface area (Å²) >= 11 is 0. The van der Waals surface area contributed by atoms with Crippen molar-refractivity contribution in [3.63, 3.8) is 0 Å². The molecule has 4 nitrogen and oxygen atoms in total. The largest absolute Gasteiger partial charge is 0.506 e. The lowest BCUT2D eigenvalue weighted by atomic mass is 9.79. The number of hydrogen-bond donors (Lipinski definition) is 1. The molecule has 0 radical (unpaired) electrons. The molecule has 0 saturated heterocycles. The molecular weight excluding hydrogens is 298 g/mol. The fraction of sp³-hybridized carbons (Fsp3) is 0.400. The van der Waals surface area contributed by atoms with E-state index in [-0.39, 0.29) is 11.2 Å². The Morgan fingerprint density at radius 3 is 2.54 bits per heavy atom. The zero-order valence-electron chi connectivity index (χ0n) is 14.7. The van der Waals surface area contributed by atoms with Crippen LogP contribution in [0, 0.1) is 0 Å². The van der Waals surface area contributed by atoms with Crippen LogP contribution in [0.5, 0.6) is 5.75 Å². The van der Waals surface area contributed by atoms with Crippen molar-refractivity contribution in [3.8, 4) is 11.4 Å². The van der Waals surface area contributed by atoms with Gasteiger partial charge in [0.15, 0.2) is 0 Å². The number of benzene rings is 2. The number of fused-ring (bicyclic) bond motifs is 1. The van der Waals surface area contributed by atoms with Gasteiger partial charge in [0.2, 0.25) is 0 Å². The van der Waals surface area contributed by atoms with E-state index in [1.54, 1.807) is 12.1 Å². The highest BCUT2D eigenvalue weighted by molar-refractivity contribution is 5.79. The summed E-state index contributed by atoms with van der Waals surface area (Å²) in [4.78, 5) is 1.53. The van der Waals surface area contributed by atoms with Crippen LogP contribution < -0.4 is 0 Å². The smallest absolute Gasteiger partial charge is 0.143 e. The van der Waals surface area contributed by atoms with Crippen LogP contribution in [-0.2, 0) is 5.41 Å². The predicted octanol–water partition coefficient (Wildman–Crippen LogP) is 4.98. The molecule has 1 aromatic heterocycles. The summed E-state index contributed by atoms with van der Waals surface area (Å²) in [5, 5.41) is 19.3. The van der Waals surface area contributed by atoms with Gasteiger partial charge >= 0.3 is 0 Å². The lowest BCUT2D eigenvalue weighted by Crippen LogP contribution is -2.17. The van der Waals surface area contributed by atoms with Gasteiger partial charge in [0.25, 0.3) is 0 Å². The molecule has 0 amide bonds. The first-order valence-corrected chi connectivity index (χ1v) is 8.68. The van der Waals surface area contributed by atoms with Gasteiger partial charge in [-0.1, -0.05) is 64.3 Å². The van der Waals surface area contributed by atoms with E-state index in [0.717, 1.165) is 17.5 Å². The molecule has 0 fully saturated rings. The molecule has 4 heteroatoms. The van der Waals surface area contributed by atoms with Crippen molar-refractivity contribution in [2.45, 2.75) is 51.9 Å². The second-order valence-electron chi connectivity index (χ2n) is 6.99. The first-order valence-electron chi connectivity index (χ1n) is 8.68. The van der Waals surface area contributed by atoms with Crippen LogP contribution in [-0.4, -0.2) is 20.1 Å². The van der Waals surface area contributed by atoms with Gasteiger partial charge in [-0.2, -0.15) is 0 Å². The molecule has 0 unspecified atom stereocenters. The van der Waals surface area contributed by atoms with Gasteiger partial charge in [0.1, 0.15) is 22.5 Å². The van der Waals surface area contributed by atoms with Crippen LogP contribution in [0.4, 0.5) is 0 Å². The average Bonchev–Trinajstić information content (AvgIpc) is 2.99. The van der Waals surface area contributed by atoms with Crippen molar-refractivity contribution in [3.05, 3.63) is 48.0 Å². The summed E-state index contributed by atoms with van der Waals surface area (Å²) in [5.74, 6) is 0.182. The molecule has 0 spiro atoms. The first-order chi connectivity index (χ1) is 11.5. The topological polar surface area (TPSA) is 50.9 Å². The minimum Gasteiger partial charge on any atom is -0.506 e. The highest BCUT2D eigenvalue weighted by Gasteiger charge is 2.24. The summed E-state index contributed by atoms with van der Waals surface area (Å²) in [5.41, 5.74) is 3.65. The van der Waals surface area contributed by atoms with Crippen LogP contribution >= 0.6 is 0 Å². The molecule has 24 heavy (non-hydrogen) atoms. The SMILES string of the molecule is CCCCCC(C)(C)c1cccc2nn(-c3ccccc3O)nc12. The number of nitrogens with zero attached hydrogens (tertiary/aromatic N) is 3. The van der Waals surface area contributed by atoms with Crippen molar-refractivity contribution in [2.24, 2.45) is 0 Å². The van der Waals surface area contributed by atoms with Crippen molar-refractivity contribution >= 4 is 11.0 Å². The zero-order chi connectivity index (χ0) is 17.2. The monoisotopic (exact) mass is 323 g/mol. The van der Waals surface area contributed by atoms with Gasteiger partial charge in [-0.05, 0) is 35.6 Å². The molecule has 1 heterocycles. The highest BCUT2D eigenvalue weighted by atomic mass is 16.3. The summed E-state index contributed by atoms with van der Waals surface area (Å²) in [6.45, 7) is 6.78. The summed E-state index contributed by atoms with van der Waals surface area (Å²) in [7, 11) is 0. The summed E-state index contributed by atoms with van der Waals surface area (Å²) in [6, 6.07) is 13.3. The van der Waals surface area contributed by atoms with Gasteiger partial charge < -0.3 is 5.11 Å². The Labute approximate surface area is 143 Å². The lowest BCUT2D eigenvalue weighted by molar-refractivity contribution is 0.452. The minimum absolute atomic E-state index is 0.0499. The molecule has 3 rings (SSSR count). The maximum atomic E-state index is 10.1. The Morgan fingerprint density at radius 2 is 1.79 bits per heavy atom. The van der Waals surface area contributed by atoms with E-state index in [9.17, 15) is 5.11 Å². The number of hydrogen-bond acceptors (Lipinski definition) is 3. The number of aromatic hydroxyl groups is 1. The molecule has 3 aromatic rings. The number of phenols is 1. The van der Waals surface area contributed by atoms with Crippen LogP contribution in [0.3, 0.4) is 0 Å². The van der Waals surface area contributed by atoms with Crippen LogP contribution in [0.1, 0.15) is 52.0 Å². The number of para-hydroxylation sites is 2. The fourth-order valence-electron chi connectivity index (χ4n) is 3.17. The normalized spacial score (nSPS) is 12.0. The van der Waals surface area contributed by atoms with E-state index in [2.05, 4.69) is 37.0 Å². The molecule has 1 N–H and O–H groups in total. The number of phenolic OH excluding ortho intramolecular Hbond substituents is 1. The minimum atomic E-state index is 0.0499. The Bertz CT molecular complexity index is 836. The van der Waals surface area contributed by atoms with E-state index in [4.69, 9.17) is 0 Å². The van der Waals surface area contributed by atoms with Crippen LogP contribution in [0.15, 0.2) is 42.5 Å². The lowest BCUT2D eigenvalue weighted by Gasteiger charge is -2.25. The quantitative estimate of drug-likeness (QED) is 0.651. The molecule has 0 aliphatic carbocycles. The third kappa shape index (κ3) is 3.14. The maximum Gasteiger partial charge on any atom is 0.143 e. The third-order valence-corrected chi connectivity index (χ3v) is 4.64. The molecule has 0 saturated carbocycles. The van der Waals surface area contributed by atoms with Gasteiger partial charge in [-0.25, -0.2) is 0 Å². The maximum absolute atomic E-state index is 10.1. The highest BCUT2D eigenvalue weighted by Crippen LogP contribution is 2.33. The number of rotatable bonds is 6. The molecule has 0 atom stereocenters. The van der Waals surface area contributed by atoms with Gasteiger partial charge in [-0.3, -0.25) is 0 Å². The van der Waals surface area contributed by atoms with Crippen LogP contribution in [0.25, 0.3) is 16.7 Å². The number of unbranched alkanes of at least 4 members (excludes halogenated alkanes) is 2. The zero-order valence-corrected chi connectivity index (χ0v) is 14.7. The van der Waals surface area contributed by atoms with E-state index in [0.29, 0.717) is 5.69 Å². The molecule has 0 aliphatic rings. The molecule has 0 bridgehead atoms. The molecular formula is C20H25N3O. The van der Waals surface area contributed by atoms with Crippen molar-refractivity contribution in [1.29, 1.82) is 0 Å². The molecule has 2 aromatic carbocycles. The molecule has 0 aliphatic heterocycles.